The zero-order chi connectivity index (χ0) is 13.2. The largest absolute Gasteiger partial charge is 0.338 e. The van der Waals surface area contributed by atoms with Crippen LogP contribution in [0, 0.1) is 0 Å². The van der Waals surface area contributed by atoms with Crippen LogP contribution in [0.5, 0.6) is 0 Å². The standard InChI is InChI=1S/C15H13N3O/c1-10(19)16-12-7-3-2-6-11(12)15-17-13-8-4-5-9-14(13)18-15/h2-9H,1H3,(H,16,19)(H,17,18). The van der Waals surface area contributed by atoms with Gasteiger partial charge in [-0.05, 0) is 24.3 Å². The van der Waals surface area contributed by atoms with Crippen molar-refractivity contribution in [1.82, 2.24) is 9.97 Å². The van der Waals surface area contributed by atoms with E-state index in [1.807, 2.05) is 48.5 Å². The van der Waals surface area contributed by atoms with E-state index in [9.17, 15) is 4.79 Å². The minimum absolute atomic E-state index is 0.0939. The number of aromatic amines is 1. The molecule has 2 N–H and O–H groups in total. The topological polar surface area (TPSA) is 57.8 Å². The lowest BCUT2D eigenvalue weighted by Crippen LogP contribution is -2.06. The first-order chi connectivity index (χ1) is 9.24. The summed E-state index contributed by atoms with van der Waals surface area (Å²) in [5.74, 6) is 0.661. The third kappa shape index (κ3) is 2.20. The lowest BCUT2D eigenvalue weighted by atomic mass is 10.1. The molecule has 94 valence electrons. The summed E-state index contributed by atoms with van der Waals surface area (Å²) < 4.78 is 0. The summed E-state index contributed by atoms with van der Waals surface area (Å²) in [7, 11) is 0. The Morgan fingerprint density at radius 3 is 2.63 bits per heavy atom. The van der Waals surface area contributed by atoms with Crippen molar-refractivity contribution in [2.24, 2.45) is 0 Å². The van der Waals surface area contributed by atoms with Gasteiger partial charge < -0.3 is 10.3 Å². The molecule has 0 saturated carbocycles. The maximum Gasteiger partial charge on any atom is 0.221 e. The van der Waals surface area contributed by atoms with Gasteiger partial charge in [0, 0.05) is 12.5 Å². The van der Waals surface area contributed by atoms with Crippen molar-refractivity contribution in [3.8, 4) is 11.4 Å². The maximum atomic E-state index is 11.2. The molecule has 0 aliphatic carbocycles. The average molecular weight is 251 g/mol. The fourth-order valence-electron chi connectivity index (χ4n) is 2.07. The summed E-state index contributed by atoms with van der Waals surface area (Å²) in [4.78, 5) is 19.0. The van der Waals surface area contributed by atoms with E-state index in [2.05, 4.69) is 15.3 Å². The molecule has 2 aromatic carbocycles. The van der Waals surface area contributed by atoms with Crippen molar-refractivity contribution >= 4 is 22.6 Å². The molecule has 0 aliphatic heterocycles. The Bertz CT molecular complexity index is 713. The fraction of sp³-hybridized carbons (Fsp3) is 0.0667. The molecular weight excluding hydrogens is 238 g/mol. The van der Waals surface area contributed by atoms with Crippen LogP contribution in [-0.2, 0) is 4.79 Å². The molecule has 0 saturated heterocycles. The summed E-state index contributed by atoms with van der Waals surface area (Å²) >= 11 is 0. The van der Waals surface area contributed by atoms with Crippen molar-refractivity contribution < 1.29 is 4.79 Å². The normalized spacial score (nSPS) is 10.6. The number of amides is 1. The lowest BCUT2D eigenvalue weighted by molar-refractivity contribution is -0.114. The van der Waals surface area contributed by atoms with Crippen molar-refractivity contribution in [2.75, 3.05) is 5.32 Å². The number of hydrogen-bond donors (Lipinski definition) is 2. The summed E-state index contributed by atoms with van der Waals surface area (Å²) in [5, 5.41) is 2.82. The van der Waals surface area contributed by atoms with Crippen molar-refractivity contribution in [3.63, 3.8) is 0 Å². The molecule has 0 bridgehead atoms. The molecule has 0 spiro atoms. The van der Waals surface area contributed by atoms with Crippen LogP contribution >= 0.6 is 0 Å². The van der Waals surface area contributed by atoms with Crippen LogP contribution < -0.4 is 5.32 Å². The molecule has 1 aromatic heterocycles. The van der Waals surface area contributed by atoms with E-state index in [-0.39, 0.29) is 5.91 Å². The number of H-pyrrole nitrogens is 1. The van der Waals surface area contributed by atoms with Crippen molar-refractivity contribution in [1.29, 1.82) is 0 Å². The molecule has 1 heterocycles. The number of imidazole rings is 1. The Hall–Kier alpha value is -2.62. The van der Waals surface area contributed by atoms with Gasteiger partial charge in [0.25, 0.3) is 0 Å². The minimum Gasteiger partial charge on any atom is -0.338 e. The fourth-order valence-corrected chi connectivity index (χ4v) is 2.07. The third-order valence-electron chi connectivity index (χ3n) is 2.88. The molecule has 0 aliphatic rings. The number of rotatable bonds is 2. The van der Waals surface area contributed by atoms with Crippen LogP contribution in [0.1, 0.15) is 6.92 Å². The van der Waals surface area contributed by atoms with Gasteiger partial charge in [0.2, 0.25) is 5.91 Å². The van der Waals surface area contributed by atoms with Crippen LogP contribution in [0.4, 0.5) is 5.69 Å². The van der Waals surface area contributed by atoms with E-state index in [1.54, 1.807) is 0 Å². The highest BCUT2D eigenvalue weighted by atomic mass is 16.1. The Morgan fingerprint density at radius 1 is 1.11 bits per heavy atom. The number of fused-ring (bicyclic) bond motifs is 1. The number of para-hydroxylation sites is 3. The Labute approximate surface area is 110 Å². The van der Waals surface area contributed by atoms with Gasteiger partial charge in [-0.2, -0.15) is 0 Å². The molecule has 4 nitrogen and oxygen atoms in total. The molecule has 3 aromatic rings. The van der Waals surface area contributed by atoms with Gasteiger partial charge >= 0.3 is 0 Å². The Morgan fingerprint density at radius 2 is 1.84 bits per heavy atom. The minimum atomic E-state index is -0.0939. The summed E-state index contributed by atoms with van der Waals surface area (Å²) in [6.45, 7) is 1.50. The average Bonchev–Trinajstić information content (AvgIpc) is 2.82. The second-order valence-corrected chi connectivity index (χ2v) is 4.33. The number of nitrogens with zero attached hydrogens (tertiary/aromatic N) is 1. The number of nitrogens with one attached hydrogen (secondary N) is 2. The second kappa shape index (κ2) is 4.57. The van der Waals surface area contributed by atoms with E-state index in [0.717, 1.165) is 28.1 Å². The van der Waals surface area contributed by atoms with Crippen LogP contribution in [0.15, 0.2) is 48.5 Å². The molecular formula is C15H13N3O. The second-order valence-electron chi connectivity index (χ2n) is 4.33. The molecule has 3 rings (SSSR count). The van der Waals surface area contributed by atoms with E-state index in [4.69, 9.17) is 0 Å². The van der Waals surface area contributed by atoms with E-state index < -0.39 is 0 Å². The first-order valence-corrected chi connectivity index (χ1v) is 6.06. The highest BCUT2D eigenvalue weighted by Crippen LogP contribution is 2.27. The smallest absolute Gasteiger partial charge is 0.221 e. The number of hydrogen-bond acceptors (Lipinski definition) is 2. The van der Waals surface area contributed by atoms with Gasteiger partial charge in [0.15, 0.2) is 0 Å². The van der Waals surface area contributed by atoms with Crippen molar-refractivity contribution in [2.45, 2.75) is 6.92 Å². The molecule has 1 amide bonds. The highest BCUT2D eigenvalue weighted by molar-refractivity contribution is 5.94. The van der Waals surface area contributed by atoms with Crippen LogP contribution in [0.2, 0.25) is 0 Å². The highest BCUT2D eigenvalue weighted by Gasteiger charge is 2.09. The van der Waals surface area contributed by atoms with Gasteiger partial charge in [0.05, 0.1) is 16.7 Å². The van der Waals surface area contributed by atoms with Crippen molar-refractivity contribution in [3.05, 3.63) is 48.5 Å². The van der Waals surface area contributed by atoms with Crippen LogP contribution in [0.3, 0.4) is 0 Å². The van der Waals surface area contributed by atoms with E-state index in [0.29, 0.717) is 0 Å². The lowest BCUT2D eigenvalue weighted by Gasteiger charge is -2.06. The molecule has 0 atom stereocenters. The zero-order valence-corrected chi connectivity index (χ0v) is 10.5. The first kappa shape index (κ1) is 11.5. The van der Waals surface area contributed by atoms with Crippen LogP contribution in [-0.4, -0.2) is 15.9 Å². The molecule has 0 radical (unpaired) electrons. The molecule has 19 heavy (non-hydrogen) atoms. The van der Waals surface area contributed by atoms with Crippen LogP contribution in [0.25, 0.3) is 22.4 Å². The predicted molar refractivity (Wildman–Crippen MR) is 75.8 cm³/mol. The summed E-state index contributed by atoms with van der Waals surface area (Å²) in [6.07, 6.45) is 0. The monoisotopic (exact) mass is 251 g/mol. The SMILES string of the molecule is CC(=O)Nc1ccccc1-c1nc2ccccc2[nH]1. The van der Waals surface area contributed by atoms with Gasteiger partial charge in [0.1, 0.15) is 5.82 Å². The molecule has 0 fully saturated rings. The zero-order valence-electron chi connectivity index (χ0n) is 10.5. The number of benzene rings is 2. The summed E-state index contributed by atoms with van der Waals surface area (Å²) in [5.41, 5.74) is 3.54. The Balaban J connectivity index is 2.13. The number of aromatic nitrogens is 2. The van der Waals surface area contributed by atoms with Gasteiger partial charge in [-0.1, -0.05) is 24.3 Å². The number of carbonyl (C=O) groups excluding carboxylic acids is 1. The van der Waals surface area contributed by atoms with E-state index in [1.165, 1.54) is 6.92 Å². The van der Waals surface area contributed by atoms with Gasteiger partial charge in [-0.25, -0.2) is 4.98 Å². The number of carbonyl (C=O) groups is 1. The van der Waals surface area contributed by atoms with Gasteiger partial charge in [-0.15, -0.1) is 0 Å². The quantitative estimate of drug-likeness (QED) is 0.734. The maximum absolute atomic E-state index is 11.2. The molecule has 0 unspecified atom stereocenters. The first-order valence-electron chi connectivity index (χ1n) is 6.06. The third-order valence-corrected chi connectivity index (χ3v) is 2.88. The number of anilines is 1. The van der Waals surface area contributed by atoms with E-state index >= 15 is 0 Å². The summed E-state index contributed by atoms with van der Waals surface area (Å²) in [6, 6.07) is 15.5. The Kier molecular flexibility index (Phi) is 2.76. The molecule has 4 heteroatoms. The van der Waals surface area contributed by atoms with Gasteiger partial charge in [-0.3, -0.25) is 4.79 Å². The predicted octanol–water partition coefficient (Wildman–Crippen LogP) is 3.19.